The summed E-state index contributed by atoms with van der Waals surface area (Å²) in [5, 5.41) is 11.8. The Morgan fingerprint density at radius 1 is 1.00 bits per heavy atom. The molecule has 3 fully saturated rings. The number of nitrogens with one attached hydrogen (secondary N) is 1. The van der Waals surface area contributed by atoms with Gasteiger partial charge in [0.1, 0.15) is 18.8 Å². The lowest BCUT2D eigenvalue weighted by Gasteiger charge is -2.58. The van der Waals surface area contributed by atoms with Crippen LogP contribution in [0, 0.1) is 52.3 Å². The van der Waals surface area contributed by atoms with Crippen LogP contribution in [0.25, 0.3) is 0 Å². The zero-order valence-electron chi connectivity index (χ0n) is 26.6. The normalized spacial score (nSPS) is 36.8. The van der Waals surface area contributed by atoms with Crippen molar-refractivity contribution in [2.24, 2.45) is 52.3 Å². The Labute approximate surface area is 244 Å². The van der Waals surface area contributed by atoms with Crippen LogP contribution >= 0.6 is 0 Å². The second-order valence-electron chi connectivity index (χ2n) is 15.5. The average molecular weight is 558 g/mol. The van der Waals surface area contributed by atoms with Crippen molar-refractivity contribution in [2.75, 3.05) is 6.61 Å². The predicted octanol–water partition coefficient (Wildman–Crippen LogP) is 7.46. The van der Waals surface area contributed by atoms with Gasteiger partial charge in [0.15, 0.2) is 0 Å². The first-order valence-corrected chi connectivity index (χ1v) is 16.7. The number of aliphatic hydroxyl groups is 1. The third-order valence-corrected chi connectivity index (χ3v) is 12.0. The number of amides is 1. The number of esters is 1. The molecule has 0 aliphatic heterocycles. The van der Waals surface area contributed by atoms with E-state index in [1.807, 2.05) is 13.8 Å². The lowest BCUT2D eigenvalue weighted by molar-refractivity contribution is -0.156. The molecule has 0 aromatic rings. The van der Waals surface area contributed by atoms with Gasteiger partial charge in [-0.3, -0.25) is 4.79 Å². The summed E-state index contributed by atoms with van der Waals surface area (Å²) in [5.41, 5.74) is 2.23. The highest BCUT2D eigenvalue weighted by Gasteiger charge is 2.59. The quantitative estimate of drug-likeness (QED) is 0.204. The van der Waals surface area contributed by atoms with Crippen LogP contribution in [0.4, 0.5) is 0 Å². The molecule has 40 heavy (non-hydrogen) atoms. The summed E-state index contributed by atoms with van der Waals surface area (Å²) in [6.07, 6.45) is 16.6. The van der Waals surface area contributed by atoms with Crippen molar-refractivity contribution in [3.8, 4) is 0 Å². The van der Waals surface area contributed by atoms with E-state index in [0.29, 0.717) is 11.8 Å². The molecule has 5 heteroatoms. The van der Waals surface area contributed by atoms with Crippen LogP contribution in [0.5, 0.6) is 0 Å². The number of carbonyl (C=O) groups is 2. The molecule has 0 aromatic heterocycles. The molecule has 0 saturated heterocycles. The van der Waals surface area contributed by atoms with Crippen LogP contribution in [-0.4, -0.2) is 35.7 Å². The standard InChI is InChI=1S/C35H59NO4/c1-22(2)9-8-10-24(5)28-13-14-29-27-12-11-25-20-26(15-17-34(25,6)30(27)16-18-35(28,29)7)40-33(39)31(19-23(3)4)36-32(38)21-37/h11,22-24,26-31,37H,8-10,12-21H2,1-7H3,(H,36,38)/t24-,26+,27+,28-,29+,30+,31?,34+,35-/m1/s1. The van der Waals surface area contributed by atoms with E-state index >= 15 is 0 Å². The fraction of sp³-hybridized carbons (Fsp3) is 0.886. The van der Waals surface area contributed by atoms with Crippen LogP contribution in [0.15, 0.2) is 11.6 Å². The van der Waals surface area contributed by atoms with E-state index in [2.05, 4.69) is 46.0 Å². The molecule has 4 aliphatic carbocycles. The van der Waals surface area contributed by atoms with Crippen molar-refractivity contribution in [2.45, 2.75) is 138 Å². The maximum atomic E-state index is 13.1. The largest absolute Gasteiger partial charge is 0.461 e. The van der Waals surface area contributed by atoms with Crippen molar-refractivity contribution in [3.63, 3.8) is 0 Å². The number of hydrogen-bond acceptors (Lipinski definition) is 4. The van der Waals surface area contributed by atoms with Crippen LogP contribution < -0.4 is 5.32 Å². The number of ether oxygens (including phenoxy) is 1. The van der Waals surface area contributed by atoms with Gasteiger partial charge in [-0.15, -0.1) is 0 Å². The van der Waals surface area contributed by atoms with Gasteiger partial charge in [0.25, 0.3) is 0 Å². The molecule has 0 radical (unpaired) electrons. The summed E-state index contributed by atoms with van der Waals surface area (Å²) in [5.74, 6) is 4.27. The summed E-state index contributed by atoms with van der Waals surface area (Å²) >= 11 is 0. The van der Waals surface area contributed by atoms with E-state index in [9.17, 15) is 9.59 Å². The SMILES string of the molecule is CC(C)CCC[C@@H](C)[C@H]1CC[C@H]2[C@@H]3CC=C4C[C@@H](OC(=O)C(CC(C)C)NC(=O)CO)CC[C@]4(C)[C@H]3CC[C@]12C. The minimum atomic E-state index is -0.697. The number of hydrogen-bond donors (Lipinski definition) is 2. The van der Waals surface area contributed by atoms with E-state index in [1.54, 1.807) is 0 Å². The van der Waals surface area contributed by atoms with Gasteiger partial charge in [-0.05, 0) is 104 Å². The summed E-state index contributed by atoms with van der Waals surface area (Å²) in [7, 11) is 0. The molecule has 5 nitrogen and oxygen atoms in total. The third kappa shape index (κ3) is 6.50. The summed E-state index contributed by atoms with van der Waals surface area (Å²) < 4.78 is 6.03. The van der Waals surface area contributed by atoms with E-state index in [-0.39, 0.29) is 23.4 Å². The zero-order chi connectivity index (χ0) is 29.2. The number of allylic oxidation sites excluding steroid dienone is 1. The van der Waals surface area contributed by atoms with Crippen LogP contribution in [-0.2, 0) is 14.3 Å². The van der Waals surface area contributed by atoms with Crippen LogP contribution in [0.1, 0.15) is 126 Å². The molecular weight excluding hydrogens is 498 g/mol. The highest BCUT2D eigenvalue weighted by Crippen LogP contribution is 2.67. The summed E-state index contributed by atoms with van der Waals surface area (Å²) in [6.45, 7) is 15.9. The minimum absolute atomic E-state index is 0.125. The first-order valence-electron chi connectivity index (χ1n) is 16.7. The van der Waals surface area contributed by atoms with Gasteiger partial charge in [0, 0.05) is 6.42 Å². The van der Waals surface area contributed by atoms with E-state index in [4.69, 9.17) is 9.84 Å². The van der Waals surface area contributed by atoms with Crippen LogP contribution in [0.3, 0.4) is 0 Å². The number of aliphatic hydroxyl groups excluding tert-OH is 1. The Kier molecular flexibility index (Phi) is 10.2. The first kappa shape index (κ1) is 31.6. The maximum absolute atomic E-state index is 13.1. The fourth-order valence-corrected chi connectivity index (χ4v) is 9.92. The van der Waals surface area contributed by atoms with Gasteiger partial charge in [0.05, 0.1) is 0 Å². The van der Waals surface area contributed by atoms with Gasteiger partial charge >= 0.3 is 5.97 Å². The van der Waals surface area contributed by atoms with Gasteiger partial charge in [-0.25, -0.2) is 4.79 Å². The summed E-state index contributed by atoms with van der Waals surface area (Å²) in [4.78, 5) is 24.9. The molecule has 2 N–H and O–H groups in total. The molecule has 3 saturated carbocycles. The Morgan fingerprint density at radius 3 is 2.42 bits per heavy atom. The maximum Gasteiger partial charge on any atom is 0.328 e. The molecule has 0 heterocycles. The van der Waals surface area contributed by atoms with Gasteiger partial charge in [-0.2, -0.15) is 0 Å². The molecular formula is C35H59NO4. The second kappa shape index (κ2) is 12.9. The molecule has 1 amide bonds. The molecule has 0 spiro atoms. The zero-order valence-corrected chi connectivity index (χ0v) is 26.6. The number of rotatable bonds is 11. The highest BCUT2D eigenvalue weighted by atomic mass is 16.5. The second-order valence-corrected chi connectivity index (χ2v) is 15.5. The Bertz CT molecular complexity index is 926. The molecule has 0 aromatic carbocycles. The Balaban J connectivity index is 1.41. The smallest absolute Gasteiger partial charge is 0.328 e. The Hall–Kier alpha value is -1.36. The average Bonchev–Trinajstić information content (AvgIpc) is 3.25. The summed E-state index contributed by atoms with van der Waals surface area (Å²) in [6, 6.07) is -0.697. The van der Waals surface area contributed by atoms with E-state index < -0.39 is 18.6 Å². The van der Waals surface area contributed by atoms with E-state index in [1.165, 1.54) is 56.9 Å². The molecule has 9 atom stereocenters. The number of carbonyl (C=O) groups excluding carboxylic acids is 2. The first-order chi connectivity index (χ1) is 18.9. The van der Waals surface area contributed by atoms with Gasteiger partial charge < -0.3 is 15.2 Å². The van der Waals surface area contributed by atoms with Crippen molar-refractivity contribution in [1.29, 1.82) is 0 Å². The predicted molar refractivity (Wildman–Crippen MR) is 161 cm³/mol. The van der Waals surface area contributed by atoms with Gasteiger partial charge in [-0.1, -0.05) is 79.4 Å². The molecule has 1 unspecified atom stereocenters. The lowest BCUT2D eigenvalue weighted by atomic mass is 9.47. The van der Waals surface area contributed by atoms with E-state index in [0.717, 1.165) is 54.8 Å². The third-order valence-electron chi connectivity index (χ3n) is 12.0. The number of fused-ring (bicyclic) bond motifs is 5. The molecule has 0 bridgehead atoms. The van der Waals surface area contributed by atoms with Crippen molar-refractivity contribution >= 4 is 11.9 Å². The van der Waals surface area contributed by atoms with Gasteiger partial charge in [0.2, 0.25) is 5.91 Å². The lowest BCUT2D eigenvalue weighted by Crippen LogP contribution is -2.51. The minimum Gasteiger partial charge on any atom is -0.461 e. The van der Waals surface area contributed by atoms with Crippen molar-refractivity contribution in [3.05, 3.63) is 11.6 Å². The van der Waals surface area contributed by atoms with Crippen LogP contribution in [0.2, 0.25) is 0 Å². The Morgan fingerprint density at radius 2 is 1.75 bits per heavy atom. The molecule has 228 valence electrons. The van der Waals surface area contributed by atoms with Crippen molar-refractivity contribution < 1.29 is 19.4 Å². The topological polar surface area (TPSA) is 75.6 Å². The van der Waals surface area contributed by atoms with Crippen molar-refractivity contribution in [1.82, 2.24) is 5.32 Å². The monoisotopic (exact) mass is 557 g/mol. The fourth-order valence-electron chi connectivity index (χ4n) is 9.92. The molecule has 4 rings (SSSR count). The molecule has 4 aliphatic rings. The highest BCUT2D eigenvalue weighted by molar-refractivity contribution is 5.85.